The number of primary amides is 2. The van der Waals surface area contributed by atoms with Crippen LogP contribution in [0.25, 0.3) is 0 Å². The zero-order valence-corrected chi connectivity index (χ0v) is 62.9. The first-order valence-corrected chi connectivity index (χ1v) is 37.1. The molecule has 0 spiro atoms. The van der Waals surface area contributed by atoms with Crippen molar-refractivity contribution in [3.8, 4) is 0 Å². The van der Waals surface area contributed by atoms with Gasteiger partial charge in [-0.1, -0.05) is 79.4 Å². The SMILES string of the molecule is CC[C@H](C)[C@H](NC(=O)[C@H](CCCNC(=N)N)NC(=O)[C@H](CCC(=O)O)NC(=O)[C@@](C)(CCCCCC/C=C\CCC[C@](C)(CN[C@H](C=O)CC(C)C)C(=O)N[C@@H](CC(N)=O)C(=O)N[C@@H](CC(C)C)C(=O)N[C@@H](CCSC)C(N)=O)NC(C)=O)C(=O)N[C@@H](CCCCN)C(=O)N[C@H](C=O)CCC(=O)O. The summed E-state index contributed by atoms with van der Waals surface area (Å²) >= 11 is 1.45. The van der Waals surface area contributed by atoms with Crippen molar-refractivity contribution in [3.05, 3.63) is 12.2 Å². The topological polar surface area (TPSA) is 557 Å². The maximum atomic E-state index is 14.4. The first-order valence-electron chi connectivity index (χ1n) is 35.7. The summed E-state index contributed by atoms with van der Waals surface area (Å²) in [6.07, 6.45) is 11.1. The predicted molar refractivity (Wildman–Crippen MR) is 391 cm³/mol. The number of carboxylic acids is 2. The number of carbonyl (C=O) groups excluding carboxylic acids is 13. The van der Waals surface area contributed by atoms with Crippen LogP contribution in [0.15, 0.2) is 12.2 Å². The highest BCUT2D eigenvalue weighted by Crippen LogP contribution is 2.26. The van der Waals surface area contributed by atoms with Crippen molar-refractivity contribution in [1.82, 2.24) is 58.5 Å². The largest absolute Gasteiger partial charge is 0.481 e. The molecule has 0 saturated carbocycles. The van der Waals surface area contributed by atoms with E-state index in [4.69, 9.17) is 33.5 Å². The van der Waals surface area contributed by atoms with Crippen LogP contribution in [0.4, 0.5) is 0 Å². The highest BCUT2D eigenvalue weighted by atomic mass is 32.2. The van der Waals surface area contributed by atoms with Gasteiger partial charge in [0.2, 0.25) is 65.0 Å². The number of nitrogens with one attached hydrogen (secondary N) is 12. The number of hydrogen-bond donors (Lipinski definition) is 18. The zero-order valence-electron chi connectivity index (χ0n) is 62.1. The van der Waals surface area contributed by atoms with Crippen molar-refractivity contribution in [2.45, 2.75) is 270 Å². The number of carbonyl (C=O) groups is 15. The Morgan fingerprint density at radius 2 is 1.06 bits per heavy atom. The number of hydrogen-bond acceptors (Lipinski definition) is 19. The molecule has 34 heteroatoms. The van der Waals surface area contributed by atoms with E-state index in [1.807, 2.05) is 46.1 Å². The van der Waals surface area contributed by atoms with Crippen LogP contribution < -0.4 is 81.4 Å². The third kappa shape index (κ3) is 41.0. The van der Waals surface area contributed by atoms with Gasteiger partial charge in [-0.3, -0.25) is 67.7 Å². The van der Waals surface area contributed by atoms with Gasteiger partial charge in [0.1, 0.15) is 60.4 Å². The van der Waals surface area contributed by atoms with Crippen LogP contribution in [0, 0.1) is 28.6 Å². The van der Waals surface area contributed by atoms with Crippen molar-refractivity contribution in [1.29, 1.82) is 5.41 Å². The third-order valence-electron chi connectivity index (χ3n) is 17.3. The first kappa shape index (κ1) is 94.7. The molecule has 0 aliphatic rings. The fourth-order valence-corrected chi connectivity index (χ4v) is 11.5. The Kier molecular flexibility index (Phi) is 47.6. The molecule has 12 atom stereocenters. The number of amides is 11. The average molecular weight is 1480 g/mol. The third-order valence-corrected chi connectivity index (χ3v) is 17.9. The fraction of sp³-hybridized carbons (Fsp3) is 0.739. The first-order chi connectivity index (χ1) is 48.4. The number of carboxylic acid groups (broad SMARTS) is 2. The average Bonchev–Trinajstić information content (AvgIpc) is 0.843. The number of nitrogens with two attached hydrogens (primary N) is 4. The summed E-state index contributed by atoms with van der Waals surface area (Å²) < 4.78 is 0. The molecule has 0 aromatic rings. The second-order valence-electron chi connectivity index (χ2n) is 27.7. The van der Waals surface area contributed by atoms with Gasteiger partial charge in [-0.25, -0.2) is 0 Å². The van der Waals surface area contributed by atoms with E-state index in [1.54, 1.807) is 20.8 Å². The minimum atomic E-state index is -1.62. The van der Waals surface area contributed by atoms with Gasteiger partial charge in [0.05, 0.1) is 23.9 Å². The van der Waals surface area contributed by atoms with E-state index < -0.39 is 174 Å². The molecule has 0 saturated heterocycles. The lowest BCUT2D eigenvalue weighted by atomic mass is 9.82. The Morgan fingerprint density at radius 3 is 1.60 bits per heavy atom. The quantitative estimate of drug-likeness (QED) is 0.0130. The van der Waals surface area contributed by atoms with E-state index in [0.29, 0.717) is 82.7 Å². The number of allylic oxidation sites excluding steroid dienone is 2. The summed E-state index contributed by atoms with van der Waals surface area (Å²) in [5.41, 5.74) is 19.5. The summed E-state index contributed by atoms with van der Waals surface area (Å²) in [5, 5.41) is 55.9. The molecule has 0 unspecified atom stereocenters. The van der Waals surface area contributed by atoms with Crippen LogP contribution in [0.2, 0.25) is 0 Å². The summed E-state index contributed by atoms with van der Waals surface area (Å²) in [6.45, 7) is 15.6. The number of rotatable bonds is 59. The molecular weight excluding hydrogens is 1360 g/mol. The Hall–Kier alpha value is -8.27. The predicted octanol–water partition coefficient (Wildman–Crippen LogP) is 0.563. The molecule has 0 radical (unpaired) electrons. The van der Waals surface area contributed by atoms with Crippen molar-refractivity contribution in [2.75, 3.05) is 31.6 Å². The molecule has 103 heavy (non-hydrogen) atoms. The van der Waals surface area contributed by atoms with Crippen LogP contribution >= 0.6 is 11.8 Å². The molecule has 0 heterocycles. The molecule has 0 aliphatic carbocycles. The van der Waals surface area contributed by atoms with Crippen LogP contribution in [-0.2, 0) is 71.9 Å². The summed E-state index contributed by atoms with van der Waals surface area (Å²) in [7, 11) is 0. The van der Waals surface area contributed by atoms with E-state index in [-0.39, 0.29) is 88.8 Å². The van der Waals surface area contributed by atoms with Gasteiger partial charge in [0, 0.05) is 32.9 Å². The summed E-state index contributed by atoms with van der Waals surface area (Å²) in [4.78, 5) is 197. The van der Waals surface area contributed by atoms with E-state index in [9.17, 15) is 77.0 Å². The Bertz CT molecular complexity index is 2800. The summed E-state index contributed by atoms with van der Waals surface area (Å²) in [5.74, 6) is -11.6. The lowest BCUT2D eigenvalue weighted by molar-refractivity contribution is -0.139. The summed E-state index contributed by atoms with van der Waals surface area (Å²) in [6, 6.07) is -11.1. The normalized spacial score (nSPS) is 15.4. The number of aldehydes is 2. The molecule has 0 aliphatic heterocycles. The molecule has 0 aromatic carbocycles. The van der Waals surface area contributed by atoms with Crippen molar-refractivity contribution < 1.29 is 82.1 Å². The second-order valence-corrected chi connectivity index (χ2v) is 28.7. The molecule has 0 aromatic heterocycles. The van der Waals surface area contributed by atoms with Crippen molar-refractivity contribution in [3.63, 3.8) is 0 Å². The minimum Gasteiger partial charge on any atom is -0.481 e. The maximum Gasteiger partial charge on any atom is 0.303 e. The lowest BCUT2D eigenvalue weighted by Gasteiger charge is -2.32. The molecule has 0 fully saturated rings. The van der Waals surface area contributed by atoms with Crippen LogP contribution in [0.5, 0.6) is 0 Å². The molecule has 11 amide bonds. The molecule has 33 nitrogen and oxygen atoms in total. The Labute approximate surface area is 610 Å². The van der Waals surface area contributed by atoms with E-state index in [0.717, 1.165) is 6.29 Å². The van der Waals surface area contributed by atoms with Gasteiger partial charge in [0.15, 0.2) is 5.96 Å². The van der Waals surface area contributed by atoms with E-state index in [2.05, 4.69) is 58.5 Å². The fourth-order valence-electron chi connectivity index (χ4n) is 11.0. The Balaban J connectivity index is 6.47. The zero-order chi connectivity index (χ0) is 78.4. The van der Waals surface area contributed by atoms with Gasteiger partial charge in [0.25, 0.3) is 0 Å². The van der Waals surface area contributed by atoms with Gasteiger partial charge in [-0.15, -0.1) is 0 Å². The molecule has 586 valence electrons. The standard InChI is InChI=1S/C69H122N16O17S/c1-11-44(6)57(64(100)80-49(24-19-22-33-70)59(95)77-46(39-86)26-28-55(90)91)84-61(97)50(25-23-34-75-67(73)74)79-60(96)51(27-29-56(92)93)82-66(102)69(9,85-45(7)88)32-21-18-16-14-12-13-15-17-20-31-68(8,41-76-47(40-87)36-42(2)3)65(101)83-53(38-54(71)89)63(99)81-52(37-43(4)5)62(98)78-48(58(72)94)30-35-103-10/h13,15,39-40,42-44,46-53,57,76H,11-12,14,16-38,41,70H2,1-10H3,(H2,71,89)(H2,72,94)(H,77,95)(H,78,98)(H,79,96)(H,80,100)(H,81,99)(H,82,102)(H,83,101)(H,84,97)(H,85,88)(H,90,91)(H,92,93)(H4,73,74,75)/b15-13-/t44-,46-,47-,48-,49-,50-,51-,52-,53-,57-,68+,69+/m0/s1. The second kappa shape index (κ2) is 51.8. The molecular formula is C69H122N16O17S. The van der Waals surface area contributed by atoms with Crippen LogP contribution in [0.1, 0.15) is 210 Å². The van der Waals surface area contributed by atoms with Gasteiger partial charge in [-0.05, 0) is 153 Å². The maximum absolute atomic E-state index is 14.4. The molecule has 0 rings (SSSR count). The van der Waals surface area contributed by atoms with Crippen molar-refractivity contribution in [2.24, 2.45) is 46.1 Å². The number of thioether (sulfide) groups is 1. The van der Waals surface area contributed by atoms with Crippen LogP contribution in [-0.4, -0.2) is 197 Å². The molecule has 0 bridgehead atoms. The smallest absolute Gasteiger partial charge is 0.303 e. The van der Waals surface area contributed by atoms with Gasteiger partial charge < -0.3 is 101 Å². The number of guanidine groups is 1. The monoisotopic (exact) mass is 1480 g/mol. The van der Waals surface area contributed by atoms with Crippen LogP contribution in [0.3, 0.4) is 0 Å². The van der Waals surface area contributed by atoms with Gasteiger partial charge in [-0.2, -0.15) is 11.8 Å². The molecule has 22 N–H and O–H groups in total. The number of unbranched alkanes of at least 4 members (excludes halogenated alkanes) is 6. The number of aliphatic carboxylic acids is 2. The van der Waals surface area contributed by atoms with E-state index >= 15 is 0 Å². The van der Waals surface area contributed by atoms with Gasteiger partial charge >= 0.3 is 11.9 Å². The highest BCUT2D eigenvalue weighted by molar-refractivity contribution is 7.98. The van der Waals surface area contributed by atoms with E-state index in [1.165, 1.54) is 25.6 Å². The highest BCUT2D eigenvalue weighted by Gasteiger charge is 2.40. The Morgan fingerprint density at radius 1 is 0.544 bits per heavy atom. The lowest BCUT2D eigenvalue weighted by Crippen LogP contribution is -2.62. The minimum absolute atomic E-state index is 0.0170. The van der Waals surface area contributed by atoms with Crippen molar-refractivity contribution >= 4 is 107 Å².